The van der Waals surface area contributed by atoms with Crippen LogP contribution in [0.3, 0.4) is 0 Å². The van der Waals surface area contributed by atoms with E-state index in [2.05, 4.69) is 20.3 Å². The number of aromatic nitrogens is 3. The van der Waals surface area contributed by atoms with E-state index < -0.39 is 5.91 Å². The van der Waals surface area contributed by atoms with Gasteiger partial charge in [-0.1, -0.05) is 29.3 Å². The second-order valence-corrected chi connectivity index (χ2v) is 6.39. The molecule has 1 amide bonds. The largest absolute Gasteiger partial charge is 0.491 e. The zero-order chi connectivity index (χ0) is 19.9. The summed E-state index contributed by atoms with van der Waals surface area (Å²) in [6.07, 6.45) is 6.52. The minimum Gasteiger partial charge on any atom is -0.491 e. The van der Waals surface area contributed by atoms with E-state index in [4.69, 9.17) is 32.7 Å². The van der Waals surface area contributed by atoms with E-state index in [-0.39, 0.29) is 21.4 Å². The highest BCUT2D eigenvalue weighted by Crippen LogP contribution is 2.30. The smallest absolute Gasteiger partial charge is 0.274 e. The molecule has 0 saturated carbocycles. The van der Waals surface area contributed by atoms with Gasteiger partial charge in [0.25, 0.3) is 5.91 Å². The molecule has 144 valence electrons. The fourth-order valence-corrected chi connectivity index (χ4v) is 2.79. The van der Waals surface area contributed by atoms with E-state index in [0.717, 1.165) is 5.69 Å². The van der Waals surface area contributed by atoms with E-state index in [0.29, 0.717) is 24.5 Å². The van der Waals surface area contributed by atoms with Crippen LogP contribution >= 0.6 is 23.2 Å². The Hall–Kier alpha value is -2.90. The average molecular weight is 419 g/mol. The summed E-state index contributed by atoms with van der Waals surface area (Å²) in [5.74, 6) is 0.315. The lowest BCUT2D eigenvalue weighted by Crippen LogP contribution is -2.15. The van der Waals surface area contributed by atoms with Gasteiger partial charge in [-0.15, -0.1) is 0 Å². The first-order valence-corrected chi connectivity index (χ1v) is 9.01. The molecule has 3 heterocycles. The van der Waals surface area contributed by atoms with Gasteiger partial charge in [0.05, 0.1) is 35.6 Å². The first-order valence-electron chi connectivity index (χ1n) is 8.25. The Bertz CT molecular complexity index is 950. The summed E-state index contributed by atoms with van der Waals surface area (Å²) in [6, 6.07) is 7.17. The summed E-state index contributed by atoms with van der Waals surface area (Å²) in [5, 5.41) is 3.08. The lowest BCUT2D eigenvalue weighted by molar-refractivity contribution is 0.102. The molecular weight excluding hydrogens is 403 g/mol. The third-order valence-corrected chi connectivity index (χ3v) is 4.29. The molecule has 0 aliphatic carbocycles. The maximum atomic E-state index is 12.5. The predicted octanol–water partition coefficient (Wildman–Crippen LogP) is 4.06. The average Bonchev–Trinajstić information content (AvgIpc) is 2.71. The van der Waals surface area contributed by atoms with Gasteiger partial charge in [-0.25, -0.2) is 4.98 Å². The molecule has 9 heteroatoms. The van der Waals surface area contributed by atoms with Crippen molar-refractivity contribution in [2.24, 2.45) is 0 Å². The topological polar surface area (TPSA) is 86.2 Å². The number of amides is 1. The number of pyridine rings is 3. The third-order valence-electron chi connectivity index (χ3n) is 3.72. The van der Waals surface area contributed by atoms with Gasteiger partial charge in [-0.05, 0) is 12.1 Å². The highest BCUT2D eigenvalue weighted by atomic mass is 35.5. The van der Waals surface area contributed by atoms with Crippen molar-refractivity contribution in [2.75, 3.05) is 19.0 Å². The van der Waals surface area contributed by atoms with Crippen LogP contribution in [-0.4, -0.2) is 34.6 Å². The number of hydrogen-bond donors (Lipinski definition) is 1. The predicted molar refractivity (Wildman–Crippen MR) is 106 cm³/mol. The van der Waals surface area contributed by atoms with E-state index in [1.165, 1.54) is 31.8 Å². The van der Waals surface area contributed by atoms with Crippen molar-refractivity contribution in [1.82, 2.24) is 15.0 Å². The monoisotopic (exact) mass is 418 g/mol. The molecule has 3 aromatic rings. The number of nitrogens with zero attached hydrogens (tertiary/aromatic N) is 3. The SMILES string of the molecule is COc1cnc(C(=O)Nc2c(Cl)cncc2Cl)cc1OCCc1ccccn1. The first-order chi connectivity index (χ1) is 13.6. The lowest BCUT2D eigenvalue weighted by Gasteiger charge is -2.12. The van der Waals surface area contributed by atoms with Crippen molar-refractivity contribution in [3.63, 3.8) is 0 Å². The Kier molecular flexibility index (Phi) is 6.62. The maximum absolute atomic E-state index is 12.5. The Morgan fingerprint density at radius 2 is 1.89 bits per heavy atom. The molecule has 0 aromatic carbocycles. The van der Waals surface area contributed by atoms with Crippen LogP contribution in [-0.2, 0) is 6.42 Å². The number of nitrogens with one attached hydrogen (secondary N) is 1. The van der Waals surface area contributed by atoms with Crippen molar-refractivity contribution >= 4 is 34.8 Å². The standard InChI is InChI=1S/C19H16Cl2N4O3/c1-27-17-11-24-15(19(26)25-18-13(20)9-22-10-14(18)21)8-16(17)28-7-5-12-4-2-3-6-23-12/h2-4,6,8-11H,5,7H2,1H3,(H,22,25,26). The fourth-order valence-electron chi connectivity index (χ4n) is 2.33. The molecule has 28 heavy (non-hydrogen) atoms. The van der Waals surface area contributed by atoms with Crippen LogP contribution in [0.15, 0.2) is 49.1 Å². The van der Waals surface area contributed by atoms with Crippen LogP contribution in [0.1, 0.15) is 16.2 Å². The second kappa shape index (κ2) is 9.34. The fraction of sp³-hybridized carbons (Fsp3) is 0.158. The van der Waals surface area contributed by atoms with E-state index in [1.807, 2.05) is 18.2 Å². The zero-order valence-electron chi connectivity index (χ0n) is 14.9. The summed E-state index contributed by atoms with van der Waals surface area (Å²) < 4.78 is 11.0. The molecule has 0 fully saturated rings. The molecule has 0 saturated heterocycles. The highest BCUT2D eigenvalue weighted by Gasteiger charge is 2.16. The van der Waals surface area contributed by atoms with Gasteiger partial charge in [-0.2, -0.15) is 0 Å². The van der Waals surface area contributed by atoms with Crippen LogP contribution in [0.2, 0.25) is 10.0 Å². The number of carbonyl (C=O) groups is 1. The summed E-state index contributed by atoms with van der Waals surface area (Å²) in [5.41, 5.74) is 1.28. The summed E-state index contributed by atoms with van der Waals surface area (Å²) in [6.45, 7) is 0.362. The number of halogens is 2. The normalized spacial score (nSPS) is 10.4. The second-order valence-electron chi connectivity index (χ2n) is 5.57. The molecular formula is C19H16Cl2N4O3. The Labute approximate surface area is 171 Å². The van der Waals surface area contributed by atoms with Crippen molar-refractivity contribution in [3.8, 4) is 11.5 Å². The third kappa shape index (κ3) is 4.88. The Morgan fingerprint density at radius 1 is 1.11 bits per heavy atom. The van der Waals surface area contributed by atoms with E-state index >= 15 is 0 Å². The van der Waals surface area contributed by atoms with Crippen LogP contribution in [0.5, 0.6) is 11.5 Å². The number of hydrogen-bond acceptors (Lipinski definition) is 6. The van der Waals surface area contributed by atoms with E-state index in [1.54, 1.807) is 6.20 Å². The number of rotatable bonds is 7. The minimum atomic E-state index is -0.493. The molecule has 3 rings (SSSR count). The van der Waals surface area contributed by atoms with Crippen LogP contribution in [0, 0.1) is 0 Å². The van der Waals surface area contributed by atoms with Crippen LogP contribution in [0.25, 0.3) is 0 Å². The zero-order valence-corrected chi connectivity index (χ0v) is 16.4. The number of anilines is 1. The number of methoxy groups -OCH3 is 1. The summed E-state index contributed by atoms with van der Waals surface area (Å²) >= 11 is 12.1. The van der Waals surface area contributed by atoms with Crippen molar-refractivity contribution in [2.45, 2.75) is 6.42 Å². The number of ether oxygens (including phenoxy) is 2. The molecule has 3 aromatic heterocycles. The van der Waals surface area contributed by atoms with Crippen LogP contribution in [0.4, 0.5) is 5.69 Å². The lowest BCUT2D eigenvalue weighted by atomic mass is 10.2. The molecule has 0 unspecified atom stereocenters. The molecule has 0 aliphatic heterocycles. The van der Waals surface area contributed by atoms with Crippen molar-refractivity contribution in [1.29, 1.82) is 0 Å². The highest BCUT2D eigenvalue weighted by molar-refractivity contribution is 6.39. The van der Waals surface area contributed by atoms with Gasteiger partial charge in [0.1, 0.15) is 5.69 Å². The Morgan fingerprint density at radius 3 is 2.57 bits per heavy atom. The van der Waals surface area contributed by atoms with Gasteiger partial charge in [0.2, 0.25) is 0 Å². The van der Waals surface area contributed by atoms with Crippen LogP contribution < -0.4 is 14.8 Å². The van der Waals surface area contributed by atoms with Gasteiger partial charge < -0.3 is 14.8 Å². The maximum Gasteiger partial charge on any atom is 0.274 e. The molecule has 0 radical (unpaired) electrons. The van der Waals surface area contributed by atoms with Gasteiger partial charge in [-0.3, -0.25) is 14.8 Å². The van der Waals surface area contributed by atoms with Gasteiger partial charge in [0, 0.05) is 36.8 Å². The quantitative estimate of drug-likeness (QED) is 0.622. The minimum absolute atomic E-state index is 0.123. The van der Waals surface area contributed by atoms with E-state index in [9.17, 15) is 4.79 Å². The summed E-state index contributed by atoms with van der Waals surface area (Å²) in [4.78, 5) is 24.7. The Balaban J connectivity index is 1.73. The first kappa shape index (κ1) is 19.9. The number of carbonyl (C=O) groups excluding carboxylic acids is 1. The molecule has 0 atom stereocenters. The molecule has 7 nitrogen and oxygen atoms in total. The summed E-state index contributed by atoms with van der Waals surface area (Å²) in [7, 11) is 1.50. The molecule has 0 aliphatic rings. The molecule has 1 N–H and O–H groups in total. The molecule has 0 bridgehead atoms. The van der Waals surface area contributed by atoms with Gasteiger partial charge >= 0.3 is 0 Å². The van der Waals surface area contributed by atoms with Crippen molar-refractivity contribution in [3.05, 3.63) is 70.5 Å². The van der Waals surface area contributed by atoms with Gasteiger partial charge in [0.15, 0.2) is 11.5 Å². The molecule has 0 spiro atoms. The van der Waals surface area contributed by atoms with Crippen molar-refractivity contribution < 1.29 is 14.3 Å².